The standard InChI is InChI=1S/C17H16BrNO5S/c1-10-5-6-12(18)11(2)16(10)19(8-15(21)22)14(20)9-25-17(23)13-4-3-7-24-13/h3-7H,8-9H2,1-2H3,(H,21,22). The number of nitrogens with zero attached hydrogens (tertiary/aromatic N) is 1. The molecule has 0 radical (unpaired) electrons. The number of furan rings is 1. The lowest BCUT2D eigenvalue weighted by Gasteiger charge is -2.25. The molecule has 1 heterocycles. The van der Waals surface area contributed by atoms with E-state index in [0.717, 1.165) is 27.4 Å². The maximum Gasteiger partial charge on any atom is 0.323 e. The molecule has 1 N–H and O–H groups in total. The number of carbonyl (C=O) groups is 3. The van der Waals surface area contributed by atoms with Crippen molar-refractivity contribution in [3.8, 4) is 0 Å². The number of hydrogen-bond acceptors (Lipinski definition) is 5. The van der Waals surface area contributed by atoms with E-state index in [1.807, 2.05) is 6.07 Å². The van der Waals surface area contributed by atoms with Gasteiger partial charge in [-0.1, -0.05) is 33.8 Å². The number of carboxylic acids is 1. The Morgan fingerprint density at radius 2 is 1.96 bits per heavy atom. The monoisotopic (exact) mass is 425 g/mol. The second kappa shape index (κ2) is 8.35. The first-order valence-corrected chi connectivity index (χ1v) is 9.07. The summed E-state index contributed by atoms with van der Waals surface area (Å²) in [5.41, 5.74) is 2.07. The Morgan fingerprint density at radius 3 is 2.56 bits per heavy atom. The average molecular weight is 426 g/mol. The smallest absolute Gasteiger partial charge is 0.323 e. The van der Waals surface area contributed by atoms with E-state index < -0.39 is 18.4 Å². The Bertz CT molecular complexity index is 804. The number of benzene rings is 1. The SMILES string of the molecule is Cc1ccc(Br)c(C)c1N(CC(=O)O)C(=O)CSC(=O)c1ccco1. The van der Waals surface area contributed by atoms with E-state index in [9.17, 15) is 19.5 Å². The topological polar surface area (TPSA) is 87.8 Å². The summed E-state index contributed by atoms with van der Waals surface area (Å²) in [6, 6.07) is 6.74. The molecule has 25 heavy (non-hydrogen) atoms. The molecule has 0 unspecified atom stereocenters. The van der Waals surface area contributed by atoms with Crippen LogP contribution in [0.4, 0.5) is 5.69 Å². The van der Waals surface area contributed by atoms with E-state index in [4.69, 9.17) is 4.42 Å². The Balaban J connectivity index is 2.23. The second-order valence-corrected chi connectivity index (χ2v) is 7.07. The molecule has 0 saturated heterocycles. The zero-order chi connectivity index (χ0) is 18.6. The predicted molar refractivity (Wildman–Crippen MR) is 99.1 cm³/mol. The fourth-order valence-electron chi connectivity index (χ4n) is 2.32. The summed E-state index contributed by atoms with van der Waals surface area (Å²) in [6.45, 7) is 3.13. The summed E-state index contributed by atoms with van der Waals surface area (Å²) in [5, 5.41) is 8.80. The van der Waals surface area contributed by atoms with Crippen LogP contribution in [0.25, 0.3) is 0 Å². The lowest BCUT2D eigenvalue weighted by Crippen LogP contribution is -2.38. The van der Waals surface area contributed by atoms with Gasteiger partial charge >= 0.3 is 5.97 Å². The summed E-state index contributed by atoms with van der Waals surface area (Å²) >= 11 is 4.17. The number of halogens is 1. The molecule has 0 aliphatic rings. The van der Waals surface area contributed by atoms with Gasteiger partial charge in [-0.05, 0) is 43.2 Å². The zero-order valence-electron chi connectivity index (χ0n) is 13.6. The van der Waals surface area contributed by atoms with Crippen molar-refractivity contribution >= 4 is 50.4 Å². The fourth-order valence-corrected chi connectivity index (χ4v) is 3.31. The zero-order valence-corrected chi connectivity index (χ0v) is 16.0. The average Bonchev–Trinajstić information content (AvgIpc) is 3.09. The van der Waals surface area contributed by atoms with Crippen molar-refractivity contribution in [1.82, 2.24) is 0 Å². The van der Waals surface area contributed by atoms with Gasteiger partial charge in [0.25, 0.3) is 5.12 Å². The molecule has 6 nitrogen and oxygen atoms in total. The van der Waals surface area contributed by atoms with Crippen LogP contribution in [0.1, 0.15) is 21.7 Å². The van der Waals surface area contributed by atoms with Gasteiger partial charge in [-0.2, -0.15) is 0 Å². The van der Waals surface area contributed by atoms with E-state index in [-0.39, 0.29) is 16.6 Å². The molecule has 0 aliphatic carbocycles. The van der Waals surface area contributed by atoms with Crippen LogP contribution < -0.4 is 4.90 Å². The van der Waals surface area contributed by atoms with Crippen LogP contribution in [0.15, 0.2) is 39.4 Å². The van der Waals surface area contributed by atoms with Crippen molar-refractivity contribution in [2.75, 3.05) is 17.2 Å². The second-order valence-electron chi connectivity index (χ2n) is 5.26. The van der Waals surface area contributed by atoms with Crippen LogP contribution >= 0.6 is 27.7 Å². The van der Waals surface area contributed by atoms with Crippen LogP contribution in [0.2, 0.25) is 0 Å². The van der Waals surface area contributed by atoms with E-state index in [2.05, 4.69) is 15.9 Å². The van der Waals surface area contributed by atoms with Crippen molar-refractivity contribution in [3.05, 3.63) is 51.9 Å². The quantitative estimate of drug-likeness (QED) is 0.759. The highest BCUT2D eigenvalue weighted by Crippen LogP contribution is 2.31. The first kappa shape index (κ1) is 19.3. The van der Waals surface area contributed by atoms with E-state index in [1.54, 1.807) is 26.0 Å². The fraction of sp³-hybridized carbons (Fsp3) is 0.235. The molecule has 0 bridgehead atoms. The number of carbonyl (C=O) groups excluding carboxylic acids is 2. The molecular formula is C17H16BrNO5S. The van der Waals surface area contributed by atoms with E-state index >= 15 is 0 Å². The van der Waals surface area contributed by atoms with E-state index in [1.165, 1.54) is 17.2 Å². The highest BCUT2D eigenvalue weighted by Gasteiger charge is 2.24. The molecule has 0 spiro atoms. The largest absolute Gasteiger partial charge is 0.480 e. The number of anilines is 1. The summed E-state index contributed by atoms with van der Waals surface area (Å²) in [7, 11) is 0. The van der Waals surface area contributed by atoms with Crippen molar-refractivity contribution in [2.45, 2.75) is 13.8 Å². The minimum Gasteiger partial charge on any atom is -0.480 e. The molecule has 2 aromatic rings. The van der Waals surface area contributed by atoms with Crippen molar-refractivity contribution < 1.29 is 23.9 Å². The number of rotatable bonds is 6. The summed E-state index contributed by atoms with van der Waals surface area (Å²) in [5.74, 6) is -1.62. The lowest BCUT2D eigenvalue weighted by atomic mass is 10.1. The van der Waals surface area contributed by atoms with Gasteiger partial charge in [-0.15, -0.1) is 0 Å². The molecule has 8 heteroatoms. The van der Waals surface area contributed by atoms with Crippen LogP contribution in [0.5, 0.6) is 0 Å². The third kappa shape index (κ3) is 4.73. The maximum atomic E-state index is 12.6. The minimum atomic E-state index is -1.13. The highest BCUT2D eigenvalue weighted by molar-refractivity contribution is 9.10. The number of aryl methyl sites for hydroxylation is 1. The van der Waals surface area contributed by atoms with Gasteiger partial charge in [0, 0.05) is 4.47 Å². The van der Waals surface area contributed by atoms with Crippen LogP contribution in [-0.2, 0) is 9.59 Å². The summed E-state index contributed by atoms with van der Waals surface area (Å²) in [6.07, 6.45) is 1.38. The minimum absolute atomic E-state index is 0.150. The molecule has 1 aromatic heterocycles. The molecule has 1 amide bonds. The van der Waals surface area contributed by atoms with Gasteiger partial charge in [-0.3, -0.25) is 19.3 Å². The van der Waals surface area contributed by atoms with Crippen molar-refractivity contribution in [1.29, 1.82) is 0 Å². The number of hydrogen-bond donors (Lipinski definition) is 1. The van der Waals surface area contributed by atoms with Gasteiger partial charge < -0.3 is 9.52 Å². The van der Waals surface area contributed by atoms with Gasteiger partial charge in [-0.25, -0.2) is 0 Å². The third-order valence-corrected chi connectivity index (χ3v) is 5.19. The molecule has 2 rings (SSSR count). The molecule has 0 aliphatic heterocycles. The molecule has 0 saturated carbocycles. The van der Waals surface area contributed by atoms with Gasteiger partial charge in [0.15, 0.2) is 5.76 Å². The molecule has 0 atom stereocenters. The molecule has 132 valence electrons. The molecular weight excluding hydrogens is 410 g/mol. The highest BCUT2D eigenvalue weighted by atomic mass is 79.9. The normalized spacial score (nSPS) is 10.5. The Labute approximate surface area is 157 Å². The van der Waals surface area contributed by atoms with Gasteiger partial charge in [0.05, 0.1) is 17.7 Å². The summed E-state index contributed by atoms with van der Waals surface area (Å²) in [4.78, 5) is 37.0. The van der Waals surface area contributed by atoms with Gasteiger partial charge in [0.1, 0.15) is 6.54 Å². The number of thioether (sulfide) groups is 1. The van der Waals surface area contributed by atoms with Crippen LogP contribution in [-0.4, -0.2) is 34.4 Å². The van der Waals surface area contributed by atoms with Crippen molar-refractivity contribution in [3.63, 3.8) is 0 Å². The lowest BCUT2D eigenvalue weighted by molar-refractivity contribution is -0.136. The van der Waals surface area contributed by atoms with E-state index in [0.29, 0.717) is 5.69 Å². The van der Waals surface area contributed by atoms with Crippen molar-refractivity contribution in [2.24, 2.45) is 0 Å². The Morgan fingerprint density at radius 1 is 1.24 bits per heavy atom. The van der Waals surface area contributed by atoms with Gasteiger partial charge in [0.2, 0.25) is 5.91 Å². The van der Waals surface area contributed by atoms with Crippen LogP contribution in [0, 0.1) is 13.8 Å². The number of aliphatic carboxylic acids is 1. The number of amides is 1. The molecule has 0 fully saturated rings. The summed E-state index contributed by atoms with van der Waals surface area (Å²) < 4.78 is 5.77. The third-order valence-electron chi connectivity index (χ3n) is 3.48. The Kier molecular flexibility index (Phi) is 6.44. The van der Waals surface area contributed by atoms with Crippen LogP contribution in [0.3, 0.4) is 0 Å². The Hall–Kier alpha value is -2.06. The maximum absolute atomic E-state index is 12.6. The first-order valence-electron chi connectivity index (χ1n) is 7.29. The number of carboxylic acid groups (broad SMARTS) is 1. The molecule has 1 aromatic carbocycles. The first-order chi connectivity index (χ1) is 11.8. The predicted octanol–water partition coefficient (Wildman–Crippen LogP) is 3.65.